The molecule has 1 aliphatic rings. The Morgan fingerprint density at radius 2 is 1.64 bits per heavy atom. The zero-order valence-corrected chi connectivity index (χ0v) is 19.0. The standard InChI is InChI=1S/C21H33N5O7/c1-13(2)18(19(30)24-14(20(31)32)7-6-11-23-21(22)33)25-15(27)8-4-3-5-12-26-16(28)9-10-17(26)29/h9-10,13-14,18H,3-8,11-12H2,1-2H3,(H,24,30)(H,25,27)(H,31,32)(H3,22,23,33). The molecule has 12 heteroatoms. The highest BCUT2D eigenvalue weighted by molar-refractivity contribution is 6.12. The van der Waals surface area contributed by atoms with Crippen molar-refractivity contribution in [1.82, 2.24) is 20.9 Å². The van der Waals surface area contributed by atoms with Crippen molar-refractivity contribution in [1.29, 1.82) is 0 Å². The van der Waals surface area contributed by atoms with E-state index in [1.807, 2.05) is 0 Å². The lowest BCUT2D eigenvalue weighted by molar-refractivity contribution is -0.142. The lowest BCUT2D eigenvalue weighted by Crippen LogP contribution is -2.53. The van der Waals surface area contributed by atoms with Crippen LogP contribution in [0.3, 0.4) is 0 Å². The molecule has 1 rings (SSSR count). The smallest absolute Gasteiger partial charge is 0.326 e. The van der Waals surface area contributed by atoms with Crippen molar-refractivity contribution in [3.05, 3.63) is 12.2 Å². The summed E-state index contributed by atoms with van der Waals surface area (Å²) in [6, 6.07) is -2.80. The predicted molar refractivity (Wildman–Crippen MR) is 117 cm³/mol. The van der Waals surface area contributed by atoms with Crippen molar-refractivity contribution < 1.29 is 33.9 Å². The molecule has 2 atom stereocenters. The molecule has 0 aromatic heterocycles. The van der Waals surface area contributed by atoms with E-state index in [1.54, 1.807) is 13.8 Å². The monoisotopic (exact) mass is 467 g/mol. The number of nitrogens with zero attached hydrogens (tertiary/aromatic N) is 1. The molecule has 0 aliphatic carbocycles. The van der Waals surface area contributed by atoms with Gasteiger partial charge in [-0.1, -0.05) is 20.3 Å². The number of carboxylic acid groups (broad SMARTS) is 1. The van der Waals surface area contributed by atoms with Crippen LogP contribution in [0.1, 0.15) is 52.4 Å². The molecule has 2 unspecified atom stereocenters. The molecule has 0 aromatic carbocycles. The minimum Gasteiger partial charge on any atom is -0.480 e. The minimum absolute atomic E-state index is 0.0810. The van der Waals surface area contributed by atoms with E-state index in [0.717, 1.165) is 4.90 Å². The molecule has 6 N–H and O–H groups in total. The normalized spacial score (nSPS) is 14.8. The Bertz CT molecular complexity index is 763. The van der Waals surface area contributed by atoms with E-state index in [0.29, 0.717) is 25.7 Å². The Morgan fingerprint density at radius 3 is 2.18 bits per heavy atom. The Morgan fingerprint density at radius 1 is 1.00 bits per heavy atom. The summed E-state index contributed by atoms with van der Waals surface area (Å²) in [6.45, 7) is 3.93. The SMILES string of the molecule is CC(C)C(NC(=O)CCCCCN1C(=O)C=CC1=O)C(=O)NC(CCCNC(N)=O)C(=O)O. The molecule has 184 valence electrons. The number of hydrogen-bond acceptors (Lipinski definition) is 6. The van der Waals surface area contributed by atoms with Gasteiger partial charge in [0.1, 0.15) is 12.1 Å². The van der Waals surface area contributed by atoms with E-state index in [-0.39, 0.29) is 49.6 Å². The molecule has 0 radical (unpaired) electrons. The number of nitrogens with one attached hydrogen (secondary N) is 3. The summed E-state index contributed by atoms with van der Waals surface area (Å²) in [4.78, 5) is 71.1. The maximum atomic E-state index is 12.6. The lowest BCUT2D eigenvalue weighted by Gasteiger charge is -2.24. The highest BCUT2D eigenvalue weighted by Gasteiger charge is 2.28. The second-order valence-corrected chi connectivity index (χ2v) is 8.09. The van der Waals surface area contributed by atoms with Crippen LogP contribution in [0.5, 0.6) is 0 Å². The number of primary amides is 1. The number of unbranched alkanes of at least 4 members (excludes halogenated alkanes) is 2. The Labute approximate surface area is 192 Å². The van der Waals surface area contributed by atoms with Gasteiger partial charge in [-0.05, 0) is 31.6 Å². The lowest BCUT2D eigenvalue weighted by atomic mass is 10.0. The zero-order chi connectivity index (χ0) is 25.0. The number of rotatable bonds is 15. The summed E-state index contributed by atoms with van der Waals surface area (Å²) in [7, 11) is 0. The van der Waals surface area contributed by atoms with E-state index in [9.17, 15) is 33.9 Å². The molecule has 0 saturated heterocycles. The van der Waals surface area contributed by atoms with Gasteiger partial charge in [0.2, 0.25) is 11.8 Å². The minimum atomic E-state index is -1.22. The number of nitrogens with two attached hydrogens (primary N) is 1. The van der Waals surface area contributed by atoms with Crippen LogP contribution in [-0.4, -0.2) is 70.8 Å². The van der Waals surface area contributed by atoms with E-state index in [4.69, 9.17) is 5.73 Å². The van der Waals surface area contributed by atoms with Gasteiger partial charge in [0.25, 0.3) is 11.8 Å². The van der Waals surface area contributed by atoms with Gasteiger partial charge in [-0.25, -0.2) is 9.59 Å². The first-order chi connectivity index (χ1) is 15.5. The van der Waals surface area contributed by atoms with Gasteiger partial charge in [0.05, 0.1) is 0 Å². The van der Waals surface area contributed by atoms with Crippen molar-refractivity contribution in [2.24, 2.45) is 11.7 Å². The summed E-state index contributed by atoms with van der Waals surface area (Å²) in [5.41, 5.74) is 4.95. The predicted octanol–water partition coefficient (Wildman–Crippen LogP) is -0.369. The maximum absolute atomic E-state index is 12.6. The molecule has 1 aliphatic heterocycles. The number of hydrogen-bond donors (Lipinski definition) is 5. The molecular weight excluding hydrogens is 434 g/mol. The fourth-order valence-corrected chi connectivity index (χ4v) is 3.20. The quantitative estimate of drug-likeness (QED) is 0.160. The number of carboxylic acids is 1. The van der Waals surface area contributed by atoms with E-state index < -0.39 is 30.0 Å². The molecular formula is C21H33N5O7. The van der Waals surface area contributed by atoms with Crippen molar-refractivity contribution in [3.8, 4) is 0 Å². The Kier molecular flexibility index (Phi) is 11.6. The van der Waals surface area contributed by atoms with Crippen LogP contribution in [0.2, 0.25) is 0 Å². The number of amides is 6. The van der Waals surface area contributed by atoms with Crippen molar-refractivity contribution in [3.63, 3.8) is 0 Å². The molecule has 0 bridgehead atoms. The second-order valence-electron chi connectivity index (χ2n) is 8.09. The third-order valence-electron chi connectivity index (χ3n) is 5.04. The number of aliphatic carboxylic acids is 1. The molecule has 6 amide bonds. The number of urea groups is 1. The van der Waals surface area contributed by atoms with Crippen molar-refractivity contribution in [2.75, 3.05) is 13.1 Å². The topological polar surface area (TPSA) is 188 Å². The number of carbonyl (C=O) groups is 6. The first-order valence-electron chi connectivity index (χ1n) is 10.9. The van der Waals surface area contributed by atoms with Crippen molar-refractivity contribution in [2.45, 2.75) is 64.5 Å². The Balaban J connectivity index is 2.43. The van der Waals surface area contributed by atoms with Gasteiger partial charge < -0.3 is 26.8 Å². The largest absolute Gasteiger partial charge is 0.480 e. The summed E-state index contributed by atoms with van der Waals surface area (Å²) < 4.78 is 0. The third kappa shape index (κ3) is 10.1. The molecule has 0 spiro atoms. The average molecular weight is 468 g/mol. The van der Waals surface area contributed by atoms with Gasteiger partial charge in [-0.15, -0.1) is 0 Å². The molecule has 0 aromatic rings. The highest BCUT2D eigenvalue weighted by atomic mass is 16.4. The van der Waals surface area contributed by atoms with Gasteiger partial charge in [-0.2, -0.15) is 0 Å². The molecule has 1 heterocycles. The Hall–Kier alpha value is -3.44. The average Bonchev–Trinajstić information content (AvgIpc) is 3.05. The maximum Gasteiger partial charge on any atom is 0.326 e. The van der Waals surface area contributed by atoms with Gasteiger partial charge >= 0.3 is 12.0 Å². The van der Waals surface area contributed by atoms with Gasteiger partial charge in [0.15, 0.2) is 0 Å². The third-order valence-corrected chi connectivity index (χ3v) is 5.04. The van der Waals surface area contributed by atoms with E-state index >= 15 is 0 Å². The summed E-state index contributed by atoms with van der Waals surface area (Å²) in [6.07, 6.45) is 4.65. The van der Waals surface area contributed by atoms with Crippen molar-refractivity contribution >= 4 is 35.6 Å². The van der Waals surface area contributed by atoms with Crippen LogP contribution >= 0.6 is 0 Å². The molecule has 0 fully saturated rings. The fraction of sp³-hybridized carbons (Fsp3) is 0.619. The van der Waals surface area contributed by atoms with Gasteiger partial charge in [0, 0.05) is 31.7 Å². The molecule has 12 nitrogen and oxygen atoms in total. The summed E-state index contributed by atoms with van der Waals surface area (Å²) >= 11 is 0. The van der Waals surface area contributed by atoms with Crippen LogP contribution in [0.15, 0.2) is 12.2 Å². The second kappa shape index (κ2) is 13.9. The summed E-state index contributed by atoms with van der Waals surface area (Å²) in [5, 5.41) is 16.8. The number of carbonyl (C=O) groups excluding carboxylic acids is 5. The zero-order valence-electron chi connectivity index (χ0n) is 19.0. The van der Waals surface area contributed by atoms with Gasteiger partial charge in [-0.3, -0.25) is 24.1 Å². The van der Waals surface area contributed by atoms with Crippen LogP contribution in [0.4, 0.5) is 4.79 Å². The van der Waals surface area contributed by atoms with Crippen LogP contribution < -0.4 is 21.7 Å². The number of imide groups is 1. The molecule has 0 saturated carbocycles. The molecule has 33 heavy (non-hydrogen) atoms. The first-order valence-corrected chi connectivity index (χ1v) is 10.9. The van der Waals surface area contributed by atoms with Crippen LogP contribution in [-0.2, 0) is 24.0 Å². The van der Waals surface area contributed by atoms with Crippen LogP contribution in [0, 0.1) is 5.92 Å². The summed E-state index contributed by atoms with van der Waals surface area (Å²) in [5.74, 6) is -3.13. The van der Waals surface area contributed by atoms with Crippen LogP contribution in [0.25, 0.3) is 0 Å². The highest BCUT2D eigenvalue weighted by Crippen LogP contribution is 2.09. The van der Waals surface area contributed by atoms with E-state index in [2.05, 4.69) is 16.0 Å². The first kappa shape index (κ1) is 27.6. The van der Waals surface area contributed by atoms with E-state index in [1.165, 1.54) is 12.2 Å². The fourth-order valence-electron chi connectivity index (χ4n) is 3.20.